The van der Waals surface area contributed by atoms with Crippen molar-refractivity contribution < 1.29 is 4.74 Å². The Kier molecular flexibility index (Phi) is 6.47. The number of nitrogens with two attached hydrogens (primary N) is 2. The van der Waals surface area contributed by atoms with Gasteiger partial charge in [0.1, 0.15) is 5.52 Å². The normalized spacial score (nSPS) is 15.5. The summed E-state index contributed by atoms with van der Waals surface area (Å²) in [6, 6.07) is 4.50. The molecule has 1 aliphatic heterocycles. The zero-order valence-electron chi connectivity index (χ0n) is 17.9. The van der Waals surface area contributed by atoms with Crippen LogP contribution in [0.4, 0.5) is 5.82 Å². The van der Waals surface area contributed by atoms with E-state index >= 15 is 0 Å². The number of piperidine rings is 1. The number of ether oxygens (including phenoxy) is 1. The maximum Gasteiger partial charge on any atom is 0.328 e. The third kappa shape index (κ3) is 5.02. The van der Waals surface area contributed by atoms with Crippen LogP contribution in [0.15, 0.2) is 23.1 Å². The van der Waals surface area contributed by atoms with E-state index in [0.29, 0.717) is 30.4 Å². The van der Waals surface area contributed by atoms with Gasteiger partial charge >= 0.3 is 11.7 Å². The Morgan fingerprint density at radius 2 is 2.03 bits per heavy atom. The maximum atomic E-state index is 12.5. The van der Waals surface area contributed by atoms with Gasteiger partial charge in [0.15, 0.2) is 11.5 Å². The number of nitrogens with one attached hydrogen (secondary N) is 1. The summed E-state index contributed by atoms with van der Waals surface area (Å²) in [4.78, 5) is 30.8. The quantitative estimate of drug-likeness (QED) is 0.457. The summed E-state index contributed by atoms with van der Waals surface area (Å²) in [5.41, 5.74) is 14.4. The molecule has 4 rings (SSSR count). The first-order chi connectivity index (χ1) is 15.0. The van der Waals surface area contributed by atoms with E-state index in [1.807, 2.05) is 12.1 Å². The molecule has 5 N–H and O–H groups in total. The number of likely N-dealkylation sites (tertiary alicyclic amines) is 1. The molecule has 0 spiro atoms. The van der Waals surface area contributed by atoms with Crippen molar-refractivity contribution in [1.29, 1.82) is 0 Å². The van der Waals surface area contributed by atoms with Gasteiger partial charge in [0.05, 0.1) is 18.8 Å². The number of hydrogen-bond donors (Lipinski definition) is 3. The number of anilines is 1. The Morgan fingerprint density at radius 3 is 2.74 bits per heavy atom. The topological polar surface area (TPSA) is 141 Å². The number of rotatable bonds is 8. The van der Waals surface area contributed by atoms with E-state index in [-0.39, 0.29) is 17.5 Å². The maximum absolute atomic E-state index is 12.5. The van der Waals surface area contributed by atoms with Gasteiger partial charge in [-0.3, -0.25) is 14.5 Å². The van der Waals surface area contributed by atoms with Crippen molar-refractivity contribution in [3.63, 3.8) is 0 Å². The number of pyridine rings is 1. The lowest BCUT2D eigenvalue weighted by atomic mass is 10.1. The molecule has 1 fully saturated rings. The summed E-state index contributed by atoms with van der Waals surface area (Å²) in [6.07, 6.45) is 5.75. The Bertz CT molecular complexity index is 1070. The van der Waals surface area contributed by atoms with Crippen LogP contribution in [0.2, 0.25) is 0 Å². The lowest BCUT2D eigenvalue weighted by Gasteiger charge is -2.29. The minimum Gasteiger partial charge on any atom is -0.463 e. The zero-order chi connectivity index (χ0) is 21.8. The zero-order valence-corrected chi connectivity index (χ0v) is 17.9. The van der Waals surface area contributed by atoms with Gasteiger partial charge in [-0.05, 0) is 30.9 Å². The molecule has 0 atom stereocenters. The van der Waals surface area contributed by atoms with Crippen molar-refractivity contribution in [3.8, 4) is 6.01 Å². The van der Waals surface area contributed by atoms with E-state index in [0.717, 1.165) is 56.6 Å². The van der Waals surface area contributed by atoms with Crippen molar-refractivity contribution >= 4 is 17.0 Å². The van der Waals surface area contributed by atoms with Gasteiger partial charge in [-0.1, -0.05) is 19.4 Å². The highest BCUT2D eigenvalue weighted by molar-refractivity contribution is 5.81. The summed E-state index contributed by atoms with van der Waals surface area (Å²) >= 11 is 0. The summed E-state index contributed by atoms with van der Waals surface area (Å²) in [6.45, 7) is 5.72. The molecule has 0 amide bonds. The van der Waals surface area contributed by atoms with Gasteiger partial charge in [0, 0.05) is 31.9 Å². The number of imidazole rings is 1. The van der Waals surface area contributed by atoms with Gasteiger partial charge in [0.2, 0.25) is 0 Å². The monoisotopic (exact) mass is 426 g/mol. The van der Waals surface area contributed by atoms with E-state index in [9.17, 15) is 4.79 Å². The molecule has 10 nitrogen and oxygen atoms in total. The Hall–Kier alpha value is -2.98. The number of nitrogen functional groups attached to an aromatic ring is 1. The predicted octanol–water partition coefficient (Wildman–Crippen LogP) is 1.25. The molecule has 0 unspecified atom stereocenters. The highest BCUT2D eigenvalue weighted by Crippen LogP contribution is 2.19. The van der Waals surface area contributed by atoms with Gasteiger partial charge in [-0.15, -0.1) is 0 Å². The number of aromatic amines is 1. The molecular formula is C21H30N8O2. The lowest BCUT2D eigenvalue weighted by Crippen LogP contribution is -2.39. The largest absolute Gasteiger partial charge is 0.463 e. The first-order valence-corrected chi connectivity index (χ1v) is 10.8. The van der Waals surface area contributed by atoms with Gasteiger partial charge < -0.3 is 21.2 Å². The molecule has 0 aliphatic carbocycles. The van der Waals surface area contributed by atoms with Crippen molar-refractivity contribution in [2.75, 3.05) is 25.4 Å². The molecule has 1 aliphatic rings. The SMILES string of the molecule is CCCCOc1nc(N)c2[nH]c(=O)n(Cc3ccc(CN4CCC(N)CC4)nc3)c2n1. The highest BCUT2D eigenvalue weighted by atomic mass is 16.5. The molecular weight excluding hydrogens is 396 g/mol. The number of hydrogen-bond acceptors (Lipinski definition) is 8. The molecule has 166 valence electrons. The second kappa shape index (κ2) is 9.44. The van der Waals surface area contributed by atoms with Crippen LogP contribution in [0.25, 0.3) is 11.2 Å². The van der Waals surface area contributed by atoms with Crippen LogP contribution in [0.1, 0.15) is 43.9 Å². The molecule has 3 aromatic rings. The van der Waals surface area contributed by atoms with Crippen molar-refractivity contribution in [2.24, 2.45) is 5.73 Å². The summed E-state index contributed by atoms with van der Waals surface area (Å²) in [5, 5.41) is 0. The summed E-state index contributed by atoms with van der Waals surface area (Å²) in [5.74, 6) is 0.196. The van der Waals surface area contributed by atoms with E-state index in [1.54, 1.807) is 6.20 Å². The molecule has 0 aromatic carbocycles. The molecule has 0 radical (unpaired) electrons. The molecule has 0 saturated carbocycles. The first-order valence-electron chi connectivity index (χ1n) is 10.8. The molecule has 0 bridgehead atoms. The van der Waals surface area contributed by atoms with Gasteiger partial charge in [0.25, 0.3) is 0 Å². The fourth-order valence-electron chi connectivity index (χ4n) is 3.71. The Labute approximate surface area is 180 Å². The van der Waals surface area contributed by atoms with Crippen LogP contribution in [-0.2, 0) is 13.1 Å². The summed E-state index contributed by atoms with van der Waals surface area (Å²) in [7, 11) is 0. The van der Waals surface area contributed by atoms with Crippen LogP contribution >= 0.6 is 0 Å². The summed E-state index contributed by atoms with van der Waals surface area (Å²) < 4.78 is 7.12. The number of aromatic nitrogens is 5. The lowest BCUT2D eigenvalue weighted by molar-refractivity contribution is 0.203. The van der Waals surface area contributed by atoms with E-state index in [4.69, 9.17) is 16.2 Å². The average Bonchev–Trinajstić information content (AvgIpc) is 3.07. The fourth-order valence-corrected chi connectivity index (χ4v) is 3.71. The van der Waals surface area contributed by atoms with Crippen molar-refractivity contribution in [2.45, 2.75) is 51.7 Å². The number of fused-ring (bicyclic) bond motifs is 1. The number of nitrogens with zero attached hydrogens (tertiary/aromatic N) is 5. The van der Waals surface area contributed by atoms with Crippen LogP contribution in [-0.4, -0.2) is 55.1 Å². The molecule has 3 aromatic heterocycles. The minimum absolute atomic E-state index is 0.181. The second-order valence-electron chi connectivity index (χ2n) is 8.08. The molecule has 1 saturated heterocycles. The van der Waals surface area contributed by atoms with Crippen LogP contribution < -0.4 is 21.9 Å². The number of H-pyrrole nitrogens is 1. The van der Waals surface area contributed by atoms with Crippen molar-refractivity contribution in [1.82, 2.24) is 29.4 Å². The average molecular weight is 427 g/mol. The Morgan fingerprint density at radius 1 is 1.23 bits per heavy atom. The van der Waals surface area contributed by atoms with Crippen LogP contribution in [0, 0.1) is 0 Å². The van der Waals surface area contributed by atoms with Crippen LogP contribution in [0.5, 0.6) is 6.01 Å². The van der Waals surface area contributed by atoms with Crippen molar-refractivity contribution in [3.05, 3.63) is 40.1 Å². The standard InChI is InChI=1S/C21H30N8O2/c1-2-3-10-31-20-26-18(23)17-19(27-20)29(21(30)25-17)12-14-4-5-16(24-11-14)13-28-8-6-15(22)7-9-28/h4-5,11,15H,2-3,6-10,12-13,22H2,1H3,(H,25,30)(H2,23,26,27). The second-order valence-corrected chi connectivity index (χ2v) is 8.08. The molecule has 4 heterocycles. The van der Waals surface area contributed by atoms with Crippen LogP contribution in [0.3, 0.4) is 0 Å². The van der Waals surface area contributed by atoms with Gasteiger partial charge in [-0.25, -0.2) is 4.79 Å². The highest BCUT2D eigenvalue weighted by Gasteiger charge is 2.17. The molecule has 10 heteroatoms. The first kappa shape index (κ1) is 21.3. The third-order valence-corrected chi connectivity index (χ3v) is 5.60. The predicted molar refractivity (Wildman–Crippen MR) is 119 cm³/mol. The number of unbranched alkanes of at least 4 members (excludes halogenated alkanes) is 1. The third-order valence-electron chi connectivity index (χ3n) is 5.60. The minimum atomic E-state index is -0.296. The van der Waals surface area contributed by atoms with Gasteiger partial charge in [-0.2, -0.15) is 9.97 Å². The fraction of sp³-hybridized carbons (Fsp3) is 0.524. The molecule has 31 heavy (non-hydrogen) atoms. The smallest absolute Gasteiger partial charge is 0.328 e. The Balaban J connectivity index is 1.49. The van der Waals surface area contributed by atoms with E-state index in [1.165, 1.54) is 4.57 Å². The van der Waals surface area contributed by atoms with E-state index in [2.05, 4.69) is 31.8 Å². The van der Waals surface area contributed by atoms with E-state index < -0.39 is 0 Å².